The van der Waals surface area contributed by atoms with Crippen molar-refractivity contribution in [1.29, 1.82) is 0 Å². The van der Waals surface area contributed by atoms with Gasteiger partial charge in [-0.05, 0) is 69.7 Å². The minimum atomic E-state index is -0.896. The fourth-order valence-corrected chi connectivity index (χ4v) is 6.21. The molecular formula is C34H34FeN4O4S. The summed E-state index contributed by atoms with van der Waals surface area (Å²) in [4.78, 5) is 42.9. The summed E-state index contributed by atoms with van der Waals surface area (Å²) in [5.74, 6) is -1.79. The van der Waals surface area contributed by atoms with E-state index >= 15 is 0 Å². The standard InChI is InChI=1S/C34H36N4O4S.Fe/c1-7-21-16(2)24-12-25-17(3)22(8-10-32(39)40)29(36-25)15-30-23(9-11-33(41)42)18(4)26(37-30)14-31-34(20(6)43)19(5)27(38-31)13-28(21)35-24;/h7,12-15,20H,1,8-11H2,2-6H3,(H5,35,36,37,38,39,40,41,42,43);/q;+2/p-2/t20-;/m0./s1. The van der Waals surface area contributed by atoms with E-state index in [4.69, 9.17) is 32.6 Å². The second-order valence-electron chi connectivity index (χ2n) is 11.1. The van der Waals surface area contributed by atoms with E-state index < -0.39 is 11.9 Å². The van der Waals surface area contributed by atoms with Crippen molar-refractivity contribution in [3.8, 4) is 0 Å². The number of aromatic nitrogens is 4. The Morgan fingerprint density at radius 3 is 1.98 bits per heavy atom. The second-order valence-corrected chi connectivity index (χ2v) is 11.8. The van der Waals surface area contributed by atoms with Gasteiger partial charge in [0.05, 0.1) is 22.8 Å². The van der Waals surface area contributed by atoms with Crippen LogP contribution in [0.2, 0.25) is 0 Å². The molecule has 8 bridgehead atoms. The maximum absolute atomic E-state index is 11.6. The minimum absolute atomic E-state index is 0. The van der Waals surface area contributed by atoms with E-state index in [1.807, 2.05) is 58.9 Å². The number of allylic oxidation sites excluding steroid dienone is 5. The Morgan fingerprint density at radius 1 is 0.818 bits per heavy atom. The van der Waals surface area contributed by atoms with Crippen molar-refractivity contribution in [2.24, 2.45) is 0 Å². The van der Waals surface area contributed by atoms with Crippen LogP contribution in [0.25, 0.3) is 44.4 Å². The SMILES string of the molecule is C=CC1=C(C)c2cc3[n-]c(cc4nc(cc5[n-]c(cc1n2)c(C)c5[C@H](C)S)C(C)=C4CCC(=O)O)c(CCC(=O)O)c3C.[Fe+2]. The largest absolute Gasteiger partial charge is 2.00 e. The van der Waals surface area contributed by atoms with Crippen molar-refractivity contribution in [3.63, 3.8) is 0 Å². The number of hydrogen-bond acceptors (Lipinski definition) is 5. The normalized spacial score (nSPS) is 13.6. The Morgan fingerprint density at radius 2 is 1.34 bits per heavy atom. The molecule has 3 aromatic rings. The van der Waals surface area contributed by atoms with Crippen LogP contribution in [0.1, 0.15) is 90.3 Å². The van der Waals surface area contributed by atoms with Gasteiger partial charge in [0.15, 0.2) is 0 Å². The summed E-state index contributed by atoms with van der Waals surface area (Å²) in [7, 11) is 0. The molecule has 2 aliphatic rings. The Balaban J connectivity index is 0.00000442. The van der Waals surface area contributed by atoms with Crippen LogP contribution in [0.3, 0.4) is 0 Å². The number of aryl methyl sites for hydroxylation is 3. The van der Waals surface area contributed by atoms with E-state index in [-0.39, 0.29) is 35.2 Å². The first kappa shape index (κ1) is 33.1. The van der Waals surface area contributed by atoms with Gasteiger partial charge in [0.1, 0.15) is 0 Å². The number of aliphatic carboxylic acids is 2. The summed E-state index contributed by atoms with van der Waals surface area (Å²) in [5.41, 5.74) is 12.9. The van der Waals surface area contributed by atoms with E-state index in [1.165, 1.54) is 0 Å². The molecule has 3 aromatic heterocycles. The Labute approximate surface area is 272 Å². The van der Waals surface area contributed by atoms with Gasteiger partial charge in [0.25, 0.3) is 0 Å². The molecule has 0 spiro atoms. The number of thiol groups is 1. The van der Waals surface area contributed by atoms with Crippen LogP contribution in [-0.4, -0.2) is 32.1 Å². The first-order chi connectivity index (χ1) is 20.4. The molecule has 0 aromatic carbocycles. The van der Waals surface area contributed by atoms with Crippen LogP contribution < -0.4 is 9.97 Å². The van der Waals surface area contributed by atoms with Gasteiger partial charge in [-0.3, -0.25) is 9.59 Å². The first-order valence-electron chi connectivity index (χ1n) is 14.2. The molecule has 0 saturated carbocycles. The van der Waals surface area contributed by atoms with Crippen LogP contribution in [0.5, 0.6) is 0 Å². The monoisotopic (exact) mass is 650 g/mol. The predicted octanol–water partition coefficient (Wildman–Crippen LogP) is 7.11. The molecule has 44 heavy (non-hydrogen) atoms. The van der Waals surface area contributed by atoms with Crippen LogP contribution >= 0.6 is 12.6 Å². The molecule has 0 radical (unpaired) electrons. The van der Waals surface area contributed by atoms with E-state index in [9.17, 15) is 19.8 Å². The number of nitrogens with zero attached hydrogens (tertiary/aromatic N) is 4. The van der Waals surface area contributed by atoms with Gasteiger partial charge in [-0.1, -0.05) is 53.6 Å². The molecule has 5 rings (SSSR count). The third kappa shape index (κ3) is 6.20. The van der Waals surface area contributed by atoms with Crippen molar-refractivity contribution in [2.75, 3.05) is 0 Å². The topological polar surface area (TPSA) is 129 Å². The predicted molar refractivity (Wildman–Crippen MR) is 174 cm³/mol. The van der Waals surface area contributed by atoms with Crippen molar-refractivity contribution in [1.82, 2.24) is 19.9 Å². The number of carboxylic acid groups (broad SMARTS) is 2. The molecule has 5 heterocycles. The van der Waals surface area contributed by atoms with Crippen molar-refractivity contribution in [3.05, 3.63) is 81.9 Å². The van der Waals surface area contributed by atoms with Gasteiger partial charge in [0, 0.05) is 23.7 Å². The number of fused-ring (bicyclic) bond motifs is 8. The molecule has 0 unspecified atom stereocenters. The molecule has 0 saturated heterocycles. The minimum Gasteiger partial charge on any atom is -0.657 e. The van der Waals surface area contributed by atoms with Gasteiger partial charge in [-0.25, -0.2) is 9.97 Å². The van der Waals surface area contributed by atoms with Crippen LogP contribution in [0, 0.1) is 13.8 Å². The number of carboxylic acids is 2. The zero-order valence-corrected chi connectivity index (χ0v) is 27.3. The summed E-state index contributed by atoms with van der Waals surface area (Å²) in [6.45, 7) is 13.9. The molecular weight excluding hydrogens is 616 g/mol. The van der Waals surface area contributed by atoms with E-state index in [0.29, 0.717) is 35.3 Å². The van der Waals surface area contributed by atoms with Crippen LogP contribution in [0.15, 0.2) is 36.9 Å². The molecule has 2 N–H and O–H groups in total. The molecule has 228 valence electrons. The fraction of sp³-hybridized carbons (Fsp3) is 0.294. The Bertz CT molecular complexity index is 1930. The average molecular weight is 651 g/mol. The summed E-state index contributed by atoms with van der Waals surface area (Å²) in [6.07, 6.45) is 2.29. The van der Waals surface area contributed by atoms with E-state index in [1.54, 1.807) is 6.08 Å². The van der Waals surface area contributed by atoms with Crippen molar-refractivity contribution < 1.29 is 36.9 Å². The second kappa shape index (κ2) is 13.0. The van der Waals surface area contributed by atoms with Crippen LogP contribution in [-0.2, 0) is 33.1 Å². The van der Waals surface area contributed by atoms with E-state index in [2.05, 4.69) is 6.58 Å². The quantitative estimate of drug-likeness (QED) is 0.174. The third-order valence-corrected chi connectivity index (χ3v) is 8.54. The maximum atomic E-state index is 11.6. The molecule has 0 fully saturated rings. The van der Waals surface area contributed by atoms with Crippen molar-refractivity contribution >= 4 is 68.9 Å². The summed E-state index contributed by atoms with van der Waals surface area (Å²) in [5, 5.41) is 18.8. The molecule has 0 amide bonds. The fourth-order valence-electron chi connectivity index (χ4n) is 5.88. The number of rotatable bonds is 8. The molecule has 0 aliphatic carbocycles. The summed E-state index contributed by atoms with van der Waals surface area (Å²) >= 11 is 4.77. The van der Waals surface area contributed by atoms with E-state index in [0.717, 1.165) is 67.0 Å². The molecule has 2 aliphatic heterocycles. The van der Waals surface area contributed by atoms with Crippen molar-refractivity contribution in [2.45, 2.75) is 65.6 Å². The zero-order chi connectivity index (χ0) is 31.2. The first-order valence-corrected chi connectivity index (χ1v) is 14.7. The third-order valence-electron chi connectivity index (χ3n) is 8.28. The maximum Gasteiger partial charge on any atom is 2.00 e. The van der Waals surface area contributed by atoms with Gasteiger partial charge in [-0.2, -0.15) is 12.6 Å². The summed E-state index contributed by atoms with van der Waals surface area (Å²) < 4.78 is 0. The Hall–Kier alpha value is -3.85. The van der Waals surface area contributed by atoms with Crippen LogP contribution in [0.4, 0.5) is 0 Å². The zero-order valence-electron chi connectivity index (χ0n) is 25.3. The Kier molecular flexibility index (Phi) is 9.78. The van der Waals surface area contributed by atoms with Gasteiger partial charge in [0.2, 0.25) is 0 Å². The number of hydrogen-bond donors (Lipinski definition) is 3. The van der Waals surface area contributed by atoms with Gasteiger partial charge in [-0.15, -0.1) is 22.1 Å². The van der Waals surface area contributed by atoms with Gasteiger partial charge < -0.3 is 20.2 Å². The summed E-state index contributed by atoms with van der Waals surface area (Å²) in [6, 6.07) is 7.69. The smallest absolute Gasteiger partial charge is 0.657 e. The molecule has 1 atom stereocenters. The number of carbonyl (C=O) groups is 2. The molecule has 8 nitrogen and oxygen atoms in total. The molecule has 10 heteroatoms. The average Bonchev–Trinajstić information content (AvgIpc) is 3.59. The van der Waals surface area contributed by atoms with Gasteiger partial charge >= 0.3 is 29.0 Å².